The van der Waals surface area contributed by atoms with E-state index in [9.17, 15) is 4.79 Å². The van der Waals surface area contributed by atoms with Gasteiger partial charge >= 0.3 is 5.97 Å². The van der Waals surface area contributed by atoms with Crippen LogP contribution in [0.4, 0.5) is 10.7 Å². The van der Waals surface area contributed by atoms with E-state index in [1.807, 2.05) is 13.2 Å². The molecule has 0 aromatic carbocycles. The smallest absolute Gasteiger partial charge is 0.350 e. The van der Waals surface area contributed by atoms with E-state index >= 15 is 0 Å². The monoisotopic (exact) mass is 314 g/mol. The van der Waals surface area contributed by atoms with Gasteiger partial charge in [-0.3, -0.25) is 0 Å². The molecule has 2 N–H and O–H groups in total. The maximum absolute atomic E-state index is 12.0. The summed E-state index contributed by atoms with van der Waals surface area (Å²) in [4.78, 5) is 15.9. The van der Waals surface area contributed by atoms with E-state index in [0.717, 1.165) is 28.9 Å². The highest BCUT2D eigenvalue weighted by Crippen LogP contribution is 2.45. The number of rotatable bonds is 7. The molecule has 4 nitrogen and oxygen atoms in total. The number of thioether (sulfide) groups is 1. The summed E-state index contributed by atoms with van der Waals surface area (Å²) in [5, 5.41) is 1.12. The van der Waals surface area contributed by atoms with Gasteiger partial charge in [0, 0.05) is 13.1 Å². The Balaban J connectivity index is 2.30. The Morgan fingerprint density at radius 2 is 2.20 bits per heavy atom. The van der Waals surface area contributed by atoms with Crippen LogP contribution in [-0.2, 0) is 4.74 Å². The van der Waals surface area contributed by atoms with Gasteiger partial charge in [0.1, 0.15) is 9.88 Å². The van der Waals surface area contributed by atoms with Crippen LogP contribution < -0.4 is 10.6 Å². The number of carbonyl (C=O) groups is 1. The normalized spacial score (nSPS) is 14.3. The van der Waals surface area contributed by atoms with E-state index in [1.165, 1.54) is 24.2 Å². The Morgan fingerprint density at radius 1 is 1.50 bits per heavy atom. The second-order valence-corrected chi connectivity index (χ2v) is 6.70. The van der Waals surface area contributed by atoms with Gasteiger partial charge in [-0.15, -0.1) is 23.1 Å². The van der Waals surface area contributed by atoms with Crippen molar-refractivity contribution in [1.29, 1.82) is 0 Å². The summed E-state index contributed by atoms with van der Waals surface area (Å²) < 4.78 is 5.09. The molecule has 1 aromatic heterocycles. The van der Waals surface area contributed by atoms with Crippen LogP contribution in [0.3, 0.4) is 0 Å². The molecule has 1 heterocycles. The summed E-state index contributed by atoms with van der Waals surface area (Å²) in [5.74, 6) is 0.498. The summed E-state index contributed by atoms with van der Waals surface area (Å²) in [7, 11) is 0. The number of thiophene rings is 1. The van der Waals surface area contributed by atoms with Gasteiger partial charge in [-0.05, 0) is 38.9 Å². The Hall–Kier alpha value is -0.880. The molecule has 0 spiro atoms. The molecule has 1 fully saturated rings. The summed E-state index contributed by atoms with van der Waals surface area (Å²) in [6, 6.07) is 0. The third kappa shape index (κ3) is 3.23. The second kappa shape index (κ2) is 6.72. The molecule has 20 heavy (non-hydrogen) atoms. The molecular formula is C14H22N2O2S2. The fraction of sp³-hybridized carbons (Fsp3) is 0.643. The minimum Gasteiger partial charge on any atom is -0.462 e. The van der Waals surface area contributed by atoms with E-state index in [0.29, 0.717) is 17.2 Å². The fourth-order valence-electron chi connectivity index (χ4n) is 2.14. The molecule has 0 unspecified atom stereocenters. The van der Waals surface area contributed by atoms with E-state index < -0.39 is 0 Å². The highest BCUT2D eigenvalue weighted by molar-refractivity contribution is 7.99. The topological polar surface area (TPSA) is 55.6 Å². The van der Waals surface area contributed by atoms with Crippen molar-refractivity contribution in [1.82, 2.24) is 0 Å². The number of hydrogen-bond acceptors (Lipinski definition) is 6. The second-order valence-electron chi connectivity index (χ2n) is 4.89. The molecule has 6 heteroatoms. The largest absolute Gasteiger partial charge is 0.462 e. The molecule has 0 saturated heterocycles. The molecule has 1 aliphatic rings. The molecule has 1 aliphatic carbocycles. The molecule has 0 aliphatic heterocycles. The van der Waals surface area contributed by atoms with Crippen LogP contribution in [0.2, 0.25) is 0 Å². The number of carbonyl (C=O) groups excluding carboxylic acids is 1. The first-order valence-electron chi connectivity index (χ1n) is 7.00. The Bertz CT molecular complexity index is 484. The van der Waals surface area contributed by atoms with E-state index in [2.05, 4.69) is 11.8 Å². The van der Waals surface area contributed by atoms with Crippen molar-refractivity contribution >= 4 is 39.8 Å². The molecule has 0 amide bonds. The summed E-state index contributed by atoms with van der Waals surface area (Å²) in [6.45, 7) is 6.33. The number of anilines is 2. The van der Waals surface area contributed by atoms with Crippen LogP contribution in [-0.4, -0.2) is 31.9 Å². The van der Waals surface area contributed by atoms with Gasteiger partial charge in [-0.2, -0.15) is 0 Å². The standard InChI is InChI=1S/C14H22N2O2S2/c1-4-16(8-9-6-7-9)13-11(19-3)10(15)12(20-13)14(17)18-5-2/h9H,4-8,15H2,1-3H3. The molecule has 0 radical (unpaired) electrons. The lowest BCUT2D eigenvalue weighted by molar-refractivity contribution is 0.0533. The SMILES string of the molecule is CCOC(=O)c1sc(N(CC)CC2CC2)c(SC)c1N. The van der Waals surface area contributed by atoms with Crippen LogP contribution in [0.15, 0.2) is 4.90 Å². The van der Waals surface area contributed by atoms with Gasteiger partial charge in [0.15, 0.2) is 0 Å². The number of nitrogens with two attached hydrogens (primary N) is 1. The van der Waals surface area contributed by atoms with Crippen molar-refractivity contribution in [3.63, 3.8) is 0 Å². The van der Waals surface area contributed by atoms with Crippen LogP contribution in [0, 0.1) is 5.92 Å². The number of nitrogen functional groups attached to an aromatic ring is 1. The zero-order valence-corrected chi connectivity index (χ0v) is 13.9. The first kappa shape index (κ1) is 15.5. The number of esters is 1. The van der Waals surface area contributed by atoms with Crippen molar-refractivity contribution in [3.05, 3.63) is 4.88 Å². The zero-order chi connectivity index (χ0) is 14.7. The molecule has 112 valence electrons. The first-order chi connectivity index (χ1) is 9.62. The lowest BCUT2D eigenvalue weighted by Gasteiger charge is -2.22. The maximum atomic E-state index is 12.0. The third-order valence-electron chi connectivity index (χ3n) is 3.39. The van der Waals surface area contributed by atoms with E-state index in [1.54, 1.807) is 11.8 Å². The average Bonchev–Trinajstić information content (AvgIpc) is 3.19. The van der Waals surface area contributed by atoms with Gasteiger partial charge in [0.05, 0.1) is 17.2 Å². The van der Waals surface area contributed by atoms with Crippen molar-refractivity contribution < 1.29 is 9.53 Å². The molecule has 0 bridgehead atoms. The quantitative estimate of drug-likeness (QED) is 0.617. The molecular weight excluding hydrogens is 292 g/mol. The minimum absolute atomic E-state index is 0.306. The van der Waals surface area contributed by atoms with Crippen LogP contribution in [0.5, 0.6) is 0 Å². The van der Waals surface area contributed by atoms with E-state index in [-0.39, 0.29) is 5.97 Å². The average molecular weight is 314 g/mol. The highest BCUT2D eigenvalue weighted by atomic mass is 32.2. The van der Waals surface area contributed by atoms with E-state index in [4.69, 9.17) is 10.5 Å². The van der Waals surface area contributed by atoms with Gasteiger partial charge in [-0.25, -0.2) is 4.79 Å². The predicted molar refractivity (Wildman–Crippen MR) is 87.1 cm³/mol. The summed E-state index contributed by atoms with van der Waals surface area (Å²) in [6.07, 6.45) is 4.63. The van der Waals surface area contributed by atoms with Crippen LogP contribution in [0.1, 0.15) is 36.4 Å². The molecule has 1 aromatic rings. The lowest BCUT2D eigenvalue weighted by Crippen LogP contribution is -2.24. The van der Waals surface area contributed by atoms with Crippen LogP contribution >= 0.6 is 23.1 Å². The fourth-order valence-corrected chi connectivity index (χ4v) is 4.29. The van der Waals surface area contributed by atoms with Crippen molar-refractivity contribution in [2.45, 2.75) is 31.6 Å². The Labute approximate surface area is 128 Å². The van der Waals surface area contributed by atoms with Gasteiger partial charge < -0.3 is 15.4 Å². The maximum Gasteiger partial charge on any atom is 0.350 e. The Morgan fingerprint density at radius 3 is 2.70 bits per heavy atom. The molecule has 0 atom stereocenters. The molecule has 1 saturated carbocycles. The van der Waals surface area contributed by atoms with Gasteiger partial charge in [-0.1, -0.05) is 0 Å². The lowest BCUT2D eigenvalue weighted by atomic mass is 10.3. The minimum atomic E-state index is -0.306. The third-order valence-corrected chi connectivity index (χ3v) is 5.59. The number of nitrogens with zero attached hydrogens (tertiary/aromatic N) is 1. The van der Waals surface area contributed by atoms with Gasteiger partial charge in [0.2, 0.25) is 0 Å². The Kier molecular flexibility index (Phi) is 5.21. The van der Waals surface area contributed by atoms with Crippen molar-refractivity contribution in [2.75, 3.05) is 36.6 Å². The number of ether oxygens (including phenoxy) is 1. The molecule has 2 rings (SSSR count). The van der Waals surface area contributed by atoms with Crippen molar-refractivity contribution in [3.8, 4) is 0 Å². The van der Waals surface area contributed by atoms with Gasteiger partial charge in [0.25, 0.3) is 0 Å². The summed E-state index contributed by atoms with van der Waals surface area (Å²) in [5.41, 5.74) is 6.72. The van der Waals surface area contributed by atoms with Crippen LogP contribution in [0.25, 0.3) is 0 Å². The highest BCUT2D eigenvalue weighted by Gasteiger charge is 2.28. The zero-order valence-electron chi connectivity index (χ0n) is 12.3. The number of hydrogen-bond donors (Lipinski definition) is 1. The predicted octanol–water partition coefficient (Wildman–Crippen LogP) is 3.47. The first-order valence-corrected chi connectivity index (χ1v) is 9.04. The van der Waals surface area contributed by atoms with Crippen molar-refractivity contribution in [2.24, 2.45) is 5.92 Å². The summed E-state index contributed by atoms with van der Waals surface area (Å²) >= 11 is 3.07.